The molecule has 0 aliphatic heterocycles. The molecule has 0 unspecified atom stereocenters. The maximum absolute atomic E-state index is 8.80. The van der Waals surface area contributed by atoms with Crippen LogP contribution >= 0.6 is 0 Å². The van der Waals surface area contributed by atoms with Crippen molar-refractivity contribution in [2.45, 2.75) is 31.8 Å². The summed E-state index contributed by atoms with van der Waals surface area (Å²) in [4.78, 5) is 0. The molecule has 0 bridgehead atoms. The number of nitrogens with two attached hydrogens (primary N) is 1. The van der Waals surface area contributed by atoms with Gasteiger partial charge in [0.2, 0.25) is 0 Å². The molecule has 1 aliphatic rings. The van der Waals surface area contributed by atoms with Gasteiger partial charge in [-0.3, -0.25) is 0 Å². The summed E-state index contributed by atoms with van der Waals surface area (Å²) in [5.41, 5.74) is 8.56. The van der Waals surface area contributed by atoms with Crippen LogP contribution < -0.4 is 11.1 Å². The fraction of sp³-hybridized carbons (Fsp3) is 0.417. The van der Waals surface area contributed by atoms with Gasteiger partial charge in [0.1, 0.15) is 0 Å². The predicted octanol–water partition coefficient (Wildman–Crippen LogP) is 1.77. The topological polar surface area (TPSA) is 61.8 Å². The zero-order valence-corrected chi connectivity index (χ0v) is 8.83. The second-order valence-corrected chi connectivity index (χ2v) is 4.21. The zero-order chi connectivity index (χ0) is 10.8. The molecule has 0 spiro atoms. The summed E-state index contributed by atoms with van der Waals surface area (Å²) in [5.74, 6) is 0. The van der Waals surface area contributed by atoms with E-state index in [0.717, 1.165) is 29.7 Å². The van der Waals surface area contributed by atoms with Crippen LogP contribution in [0, 0.1) is 18.3 Å². The molecule has 0 heterocycles. The Morgan fingerprint density at radius 3 is 2.73 bits per heavy atom. The lowest BCUT2D eigenvalue weighted by Gasteiger charge is -2.33. The molecule has 0 radical (unpaired) electrons. The fourth-order valence-corrected chi connectivity index (χ4v) is 1.89. The van der Waals surface area contributed by atoms with Gasteiger partial charge in [-0.25, -0.2) is 0 Å². The Bertz CT molecular complexity index is 400. The second-order valence-electron chi connectivity index (χ2n) is 4.21. The van der Waals surface area contributed by atoms with Crippen molar-refractivity contribution in [3.05, 3.63) is 29.3 Å². The number of nitrogens with zero attached hydrogens (tertiary/aromatic N) is 1. The van der Waals surface area contributed by atoms with E-state index in [1.165, 1.54) is 0 Å². The van der Waals surface area contributed by atoms with Gasteiger partial charge < -0.3 is 11.1 Å². The van der Waals surface area contributed by atoms with Crippen molar-refractivity contribution >= 4 is 5.69 Å². The Morgan fingerprint density at radius 2 is 2.20 bits per heavy atom. The number of anilines is 1. The molecule has 1 aliphatic carbocycles. The Hall–Kier alpha value is -1.53. The standard InChI is InChI=1S/C12H15N3/c1-8-4-11(3-2-9(8)7-13)15-12-5-10(14)6-12/h2-4,10,12,15H,5-6,14H2,1H3. The lowest BCUT2D eigenvalue weighted by molar-refractivity contribution is 0.373. The van der Waals surface area contributed by atoms with E-state index in [-0.39, 0.29) is 0 Å². The summed E-state index contributed by atoms with van der Waals surface area (Å²) in [6.45, 7) is 1.95. The number of hydrogen-bond acceptors (Lipinski definition) is 3. The summed E-state index contributed by atoms with van der Waals surface area (Å²) >= 11 is 0. The van der Waals surface area contributed by atoms with E-state index >= 15 is 0 Å². The predicted molar refractivity (Wildman–Crippen MR) is 60.5 cm³/mol. The Labute approximate surface area is 89.9 Å². The minimum atomic E-state index is 0.363. The first-order chi connectivity index (χ1) is 7.19. The summed E-state index contributed by atoms with van der Waals surface area (Å²) in [6.07, 6.45) is 2.08. The number of rotatable bonds is 2. The number of hydrogen-bond donors (Lipinski definition) is 2. The summed E-state index contributed by atoms with van der Waals surface area (Å²) in [5, 5.41) is 12.2. The van der Waals surface area contributed by atoms with Gasteiger partial charge in [-0.2, -0.15) is 5.26 Å². The molecule has 1 fully saturated rings. The van der Waals surface area contributed by atoms with E-state index in [9.17, 15) is 0 Å². The van der Waals surface area contributed by atoms with E-state index in [1.807, 2.05) is 25.1 Å². The normalized spacial score (nSPS) is 24.1. The van der Waals surface area contributed by atoms with Crippen LogP contribution in [0.25, 0.3) is 0 Å². The molecule has 0 atom stereocenters. The summed E-state index contributed by atoms with van der Waals surface area (Å²) in [7, 11) is 0. The zero-order valence-electron chi connectivity index (χ0n) is 8.83. The Morgan fingerprint density at radius 1 is 1.47 bits per heavy atom. The van der Waals surface area contributed by atoms with Crippen LogP contribution in [-0.2, 0) is 0 Å². The minimum absolute atomic E-state index is 0.363. The number of nitrogens with one attached hydrogen (secondary N) is 1. The van der Waals surface area contributed by atoms with Crippen LogP contribution in [0.5, 0.6) is 0 Å². The molecule has 1 aromatic rings. The van der Waals surface area contributed by atoms with Gasteiger partial charge in [-0.15, -0.1) is 0 Å². The van der Waals surface area contributed by atoms with Gasteiger partial charge >= 0.3 is 0 Å². The van der Waals surface area contributed by atoms with Crippen LogP contribution in [0.1, 0.15) is 24.0 Å². The second kappa shape index (κ2) is 3.92. The molecular formula is C12H15N3. The molecule has 15 heavy (non-hydrogen) atoms. The Kier molecular flexibility index (Phi) is 2.61. The van der Waals surface area contributed by atoms with Crippen molar-refractivity contribution < 1.29 is 0 Å². The van der Waals surface area contributed by atoms with E-state index in [2.05, 4.69) is 11.4 Å². The minimum Gasteiger partial charge on any atom is -0.382 e. The maximum Gasteiger partial charge on any atom is 0.0994 e. The third-order valence-corrected chi connectivity index (χ3v) is 2.89. The average Bonchev–Trinajstić information content (AvgIpc) is 2.16. The van der Waals surface area contributed by atoms with Crippen LogP contribution in [0.15, 0.2) is 18.2 Å². The number of aryl methyl sites for hydroxylation is 1. The first-order valence-electron chi connectivity index (χ1n) is 5.22. The van der Waals surface area contributed by atoms with Crippen LogP contribution in [-0.4, -0.2) is 12.1 Å². The SMILES string of the molecule is Cc1cc(NC2CC(N)C2)ccc1C#N. The fourth-order valence-electron chi connectivity index (χ4n) is 1.89. The van der Waals surface area contributed by atoms with Crippen molar-refractivity contribution in [3.8, 4) is 6.07 Å². The molecule has 0 saturated heterocycles. The molecule has 3 nitrogen and oxygen atoms in total. The highest BCUT2D eigenvalue weighted by Gasteiger charge is 2.25. The van der Waals surface area contributed by atoms with Gasteiger partial charge in [0.05, 0.1) is 11.6 Å². The highest BCUT2D eigenvalue weighted by molar-refractivity contribution is 5.52. The number of benzene rings is 1. The third-order valence-electron chi connectivity index (χ3n) is 2.89. The van der Waals surface area contributed by atoms with E-state index in [4.69, 9.17) is 11.0 Å². The van der Waals surface area contributed by atoms with Gasteiger partial charge in [-0.05, 0) is 43.5 Å². The van der Waals surface area contributed by atoms with E-state index < -0.39 is 0 Å². The molecule has 1 saturated carbocycles. The molecule has 1 aromatic carbocycles. The van der Waals surface area contributed by atoms with Gasteiger partial charge in [0.25, 0.3) is 0 Å². The first kappa shape index (κ1) is 10.0. The third kappa shape index (κ3) is 2.11. The molecular weight excluding hydrogens is 186 g/mol. The maximum atomic E-state index is 8.80. The Balaban J connectivity index is 2.04. The molecule has 3 N–H and O–H groups in total. The van der Waals surface area contributed by atoms with Crippen LogP contribution in [0.3, 0.4) is 0 Å². The molecule has 3 heteroatoms. The van der Waals surface area contributed by atoms with Crippen molar-refractivity contribution in [1.29, 1.82) is 5.26 Å². The van der Waals surface area contributed by atoms with Crippen LogP contribution in [0.4, 0.5) is 5.69 Å². The van der Waals surface area contributed by atoms with E-state index in [0.29, 0.717) is 12.1 Å². The molecule has 78 valence electrons. The molecule has 0 aromatic heterocycles. The van der Waals surface area contributed by atoms with E-state index in [1.54, 1.807) is 0 Å². The van der Waals surface area contributed by atoms with Crippen molar-refractivity contribution in [3.63, 3.8) is 0 Å². The van der Waals surface area contributed by atoms with Gasteiger partial charge in [0.15, 0.2) is 0 Å². The molecule has 0 amide bonds. The highest BCUT2D eigenvalue weighted by atomic mass is 15.0. The number of nitriles is 1. The van der Waals surface area contributed by atoms with Crippen molar-refractivity contribution in [1.82, 2.24) is 0 Å². The van der Waals surface area contributed by atoms with Crippen molar-refractivity contribution in [2.24, 2.45) is 5.73 Å². The van der Waals surface area contributed by atoms with Gasteiger partial charge in [0, 0.05) is 17.8 Å². The quantitative estimate of drug-likeness (QED) is 0.766. The van der Waals surface area contributed by atoms with Gasteiger partial charge in [-0.1, -0.05) is 0 Å². The average molecular weight is 201 g/mol. The lowest BCUT2D eigenvalue weighted by atomic mass is 9.87. The highest BCUT2D eigenvalue weighted by Crippen LogP contribution is 2.23. The molecule has 2 rings (SSSR count). The first-order valence-corrected chi connectivity index (χ1v) is 5.22. The smallest absolute Gasteiger partial charge is 0.0994 e. The monoisotopic (exact) mass is 201 g/mol. The lowest BCUT2D eigenvalue weighted by Crippen LogP contribution is -2.44. The summed E-state index contributed by atoms with van der Waals surface area (Å²) in [6, 6.07) is 8.86. The van der Waals surface area contributed by atoms with Crippen molar-refractivity contribution in [2.75, 3.05) is 5.32 Å². The van der Waals surface area contributed by atoms with Crippen LogP contribution in [0.2, 0.25) is 0 Å². The summed E-state index contributed by atoms with van der Waals surface area (Å²) < 4.78 is 0. The largest absolute Gasteiger partial charge is 0.382 e.